The second kappa shape index (κ2) is 5.41. The summed E-state index contributed by atoms with van der Waals surface area (Å²) in [6, 6.07) is 2.15. The van der Waals surface area contributed by atoms with Crippen LogP contribution in [0, 0.1) is 16.7 Å². The molecule has 0 saturated carbocycles. The molecule has 0 spiro atoms. The molecule has 1 heterocycles. The number of carbonyl (C=O) groups excluding carboxylic acids is 1. The van der Waals surface area contributed by atoms with Crippen LogP contribution in [0.2, 0.25) is 0 Å². The topological polar surface area (TPSA) is 44.1 Å². The predicted octanol–water partition coefficient (Wildman–Crippen LogP) is 1.89. The van der Waals surface area contributed by atoms with E-state index < -0.39 is 5.41 Å². The van der Waals surface area contributed by atoms with E-state index in [4.69, 9.17) is 5.26 Å². The van der Waals surface area contributed by atoms with Crippen LogP contribution in [0.3, 0.4) is 0 Å². The van der Waals surface area contributed by atoms with Crippen LogP contribution in [0.25, 0.3) is 0 Å². The monoisotopic (exact) mass is 226 g/mol. The molecule has 15 heavy (non-hydrogen) atoms. The molecule has 1 rings (SSSR count). The van der Waals surface area contributed by atoms with Gasteiger partial charge in [0.1, 0.15) is 5.41 Å². The molecule has 1 atom stereocenters. The Morgan fingerprint density at radius 3 is 2.87 bits per heavy atom. The molecule has 0 aromatic rings. The number of amides is 1. The molecule has 0 N–H and O–H groups in total. The van der Waals surface area contributed by atoms with Crippen LogP contribution < -0.4 is 0 Å². The highest BCUT2D eigenvalue weighted by Gasteiger charge is 2.35. The maximum atomic E-state index is 12.1. The molecule has 1 aliphatic rings. The molecular weight excluding hydrogens is 208 g/mol. The maximum absolute atomic E-state index is 12.1. The van der Waals surface area contributed by atoms with Crippen molar-refractivity contribution in [2.24, 2.45) is 5.41 Å². The van der Waals surface area contributed by atoms with Gasteiger partial charge in [0.15, 0.2) is 0 Å². The number of nitrogens with zero attached hydrogens (tertiary/aromatic N) is 2. The van der Waals surface area contributed by atoms with Gasteiger partial charge >= 0.3 is 0 Å². The van der Waals surface area contributed by atoms with Gasteiger partial charge in [0.25, 0.3) is 0 Å². The van der Waals surface area contributed by atoms with Gasteiger partial charge in [-0.3, -0.25) is 4.79 Å². The zero-order valence-electron chi connectivity index (χ0n) is 9.45. The zero-order valence-corrected chi connectivity index (χ0v) is 10.3. The van der Waals surface area contributed by atoms with Crippen LogP contribution in [0.15, 0.2) is 0 Å². The normalized spacial score (nSPS) is 21.3. The molecule has 1 unspecified atom stereocenters. The van der Waals surface area contributed by atoms with E-state index >= 15 is 0 Å². The van der Waals surface area contributed by atoms with E-state index in [1.165, 1.54) is 0 Å². The van der Waals surface area contributed by atoms with Gasteiger partial charge in [0, 0.05) is 18.8 Å². The lowest BCUT2D eigenvalue weighted by atomic mass is 9.87. The second-order valence-corrected chi connectivity index (χ2v) is 5.28. The minimum Gasteiger partial charge on any atom is -0.340 e. The molecule has 84 valence electrons. The van der Waals surface area contributed by atoms with Crippen molar-refractivity contribution < 1.29 is 4.79 Å². The first-order valence-electron chi connectivity index (χ1n) is 5.42. The Balaban J connectivity index is 2.69. The first kappa shape index (κ1) is 12.4. The number of nitriles is 1. The van der Waals surface area contributed by atoms with Gasteiger partial charge in [-0.25, -0.2) is 0 Å². The van der Waals surface area contributed by atoms with Gasteiger partial charge in [-0.05, 0) is 25.5 Å². The van der Waals surface area contributed by atoms with Gasteiger partial charge in [-0.15, -0.1) is 0 Å². The van der Waals surface area contributed by atoms with Crippen LogP contribution in [0.4, 0.5) is 0 Å². The van der Waals surface area contributed by atoms with Crippen molar-refractivity contribution in [1.29, 1.82) is 5.26 Å². The standard InChI is InChI=1S/C11H18N2OS/c1-3-11(2,9-12)10(14)13-5-4-7-15-8-6-13/h3-8H2,1-2H3. The van der Waals surface area contributed by atoms with E-state index in [2.05, 4.69) is 6.07 Å². The molecule has 0 radical (unpaired) electrons. The Bertz CT molecular complexity index is 266. The summed E-state index contributed by atoms with van der Waals surface area (Å²) in [5, 5.41) is 9.05. The Morgan fingerprint density at radius 1 is 1.53 bits per heavy atom. The van der Waals surface area contributed by atoms with Crippen molar-refractivity contribution in [2.75, 3.05) is 24.6 Å². The van der Waals surface area contributed by atoms with Crippen molar-refractivity contribution in [3.63, 3.8) is 0 Å². The lowest BCUT2D eigenvalue weighted by Gasteiger charge is -2.28. The summed E-state index contributed by atoms with van der Waals surface area (Å²) in [4.78, 5) is 14.0. The van der Waals surface area contributed by atoms with Gasteiger partial charge in [0.05, 0.1) is 6.07 Å². The minimum atomic E-state index is -0.824. The zero-order chi connectivity index (χ0) is 11.3. The highest BCUT2D eigenvalue weighted by Crippen LogP contribution is 2.24. The third-order valence-electron chi connectivity index (χ3n) is 2.94. The SMILES string of the molecule is CCC(C)(C#N)C(=O)N1CCCSCC1. The maximum Gasteiger partial charge on any atom is 0.242 e. The minimum absolute atomic E-state index is 0.00926. The fourth-order valence-electron chi connectivity index (χ4n) is 1.58. The summed E-state index contributed by atoms with van der Waals surface area (Å²) < 4.78 is 0. The molecule has 1 aliphatic heterocycles. The van der Waals surface area contributed by atoms with Crippen LogP contribution in [0.5, 0.6) is 0 Å². The molecule has 1 amide bonds. The third-order valence-corrected chi connectivity index (χ3v) is 3.98. The molecule has 1 fully saturated rings. The molecule has 0 aromatic carbocycles. The van der Waals surface area contributed by atoms with E-state index in [0.29, 0.717) is 6.42 Å². The highest BCUT2D eigenvalue weighted by molar-refractivity contribution is 7.99. The molecule has 0 aliphatic carbocycles. The first-order valence-corrected chi connectivity index (χ1v) is 6.58. The summed E-state index contributed by atoms with van der Waals surface area (Å²) >= 11 is 1.89. The summed E-state index contributed by atoms with van der Waals surface area (Å²) in [6.45, 7) is 5.24. The van der Waals surface area contributed by atoms with E-state index in [1.807, 2.05) is 23.6 Å². The van der Waals surface area contributed by atoms with Gasteiger partial charge < -0.3 is 4.90 Å². The fourth-order valence-corrected chi connectivity index (χ4v) is 2.46. The second-order valence-electron chi connectivity index (χ2n) is 4.06. The largest absolute Gasteiger partial charge is 0.340 e. The van der Waals surface area contributed by atoms with Crippen molar-refractivity contribution in [2.45, 2.75) is 26.7 Å². The fraction of sp³-hybridized carbons (Fsp3) is 0.818. The number of thioether (sulfide) groups is 1. The van der Waals surface area contributed by atoms with Crippen molar-refractivity contribution in [1.82, 2.24) is 4.90 Å². The molecule has 3 nitrogen and oxygen atoms in total. The van der Waals surface area contributed by atoms with Crippen molar-refractivity contribution in [3.05, 3.63) is 0 Å². The number of carbonyl (C=O) groups is 1. The van der Waals surface area contributed by atoms with Gasteiger partial charge in [0.2, 0.25) is 5.91 Å². The van der Waals surface area contributed by atoms with Crippen LogP contribution in [-0.4, -0.2) is 35.4 Å². The lowest BCUT2D eigenvalue weighted by molar-refractivity contribution is -0.138. The van der Waals surface area contributed by atoms with Crippen LogP contribution in [0.1, 0.15) is 26.7 Å². The predicted molar refractivity (Wildman–Crippen MR) is 62.5 cm³/mol. The Hall–Kier alpha value is -0.690. The van der Waals surface area contributed by atoms with Gasteiger partial charge in [-0.2, -0.15) is 17.0 Å². The summed E-state index contributed by atoms with van der Waals surface area (Å²) in [6.07, 6.45) is 1.63. The number of hydrogen-bond donors (Lipinski definition) is 0. The Morgan fingerprint density at radius 2 is 2.27 bits per heavy atom. The quantitative estimate of drug-likeness (QED) is 0.722. The number of rotatable bonds is 2. The molecule has 0 bridgehead atoms. The van der Waals surface area contributed by atoms with E-state index in [9.17, 15) is 4.79 Å². The van der Waals surface area contributed by atoms with E-state index in [0.717, 1.165) is 31.0 Å². The molecule has 4 heteroatoms. The van der Waals surface area contributed by atoms with Crippen LogP contribution in [-0.2, 0) is 4.79 Å². The summed E-state index contributed by atoms with van der Waals surface area (Å²) in [7, 11) is 0. The van der Waals surface area contributed by atoms with Crippen molar-refractivity contribution in [3.8, 4) is 6.07 Å². The summed E-state index contributed by atoms with van der Waals surface area (Å²) in [5.74, 6) is 2.13. The average molecular weight is 226 g/mol. The average Bonchev–Trinajstić information content (AvgIpc) is 2.55. The molecule has 1 saturated heterocycles. The lowest BCUT2D eigenvalue weighted by Crippen LogP contribution is -2.42. The molecular formula is C11H18N2OS. The Kier molecular flexibility index (Phi) is 4.46. The Labute approximate surface area is 95.8 Å². The highest BCUT2D eigenvalue weighted by atomic mass is 32.2. The third kappa shape index (κ3) is 2.88. The van der Waals surface area contributed by atoms with E-state index in [-0.39, 0.29) is 5.91 Å². The van der Waals surface area contributed by atoms with Crippen LogP contribution >= 0.6 is 11.8 Å². The van der Waals surface area contributed by atoms with E-state index in [1.54, 1.807) is 6.92 Å². The number of hydrogen-bond acceptors (Lipinski definition) is 3. The molecule has 0 aromatic heterocycles. The smallest absolute Gasteiger partial charge is 0.242 e. The summed E-state index contributed by atoms with van der Waals surface area (Å²) in [5.41, 5.74) is -0.824. The van der Waals surface area contributed by atoms with Gasteiger partial charge in [-0.1, -0.05) is 6.92 Å². The van der Waals surface area contributed by atoms with Crippen molar-refractivity contribution >= 4 is 17.7 Å². The first-order chi connectivity index (χ1) is 7.14.